The van der Waals surface area contributed by atoms with Gasteiger partial charge in [-0.25, -0.2) is 0 Å². The fraction of sp³-hybridized carbons (Fsp3) is 0.375. The monoisotopic (exact) mass is 290 g/mol. The molecule has 0 aliphatic carbocycles. The highest BCUT2D eigenvalue weighted by Crippen LogP contribution is 2.32. The summed E-state index contributed by atoms with van der Waals surface area (Å²) in [6, 6.07) is 8.97. The van der Waals surface area contributed by atoms with Crippen LogP contribution in [0.5, 0.6) is 0 Å². The van der Waals surface area contributed by atoms with Crippen LogP contribution in [0.1, 0.15) is 26.5 Å². The van der Waals surface area contributed by atoms with Crippen molar-refractivity contribution >= 4 is 22.9 Å². The molecule has 0 saturated heterocycles. The largest absolute Gasteiger partial charge is 0.465 e. The predicted molar refractivity (Wildman–Crippen MR) is 76.8 cm³/mol. The van der Waals surface area contributed by atoms with Crippen molar-refractivity contribution in [1.82, 2.24) is 0 Å². The Balaban J connectivity index is 2.52. The highest BCUT2D eigenvalue weighted by Gasteiger charge is 2.49. The first-order chi connectivity index (χ1) is 10.0. The minimum Gasteiger partial charge on any atom is -0.465 e. The summed E-state index contributed by atoms with van der Waals surface area (Å²) in [7, 11) is 0. The van der Waals surface area contributed by atoms with Gasteiger partial charge in [0.25, 0.3) is 0 Å². The molecule has 1 heterocycles. The Morgan fingerprint density at radius 3 is 2.19 bits per heavy atom. The van der Waals surface area contributed by atoms with Gasteiger partial charge in [0.2, 0.25) is 5.41 Å². The van der Waals surface area contributed by atoms with E-state index in [-0.39, 0.29) is 19.0 Å². The standard InChI is InChI=1S/C16H18O5/c1-4-19-14(17)16(3,15(18)20-5-2)13-10-11-8-6-7-9-12(11)21-13/h6-10H,4-5H2,1-3H3. The number of hydrogen-bond donors (Lipinski definition) is 0. The van der Waals surface area contributed by atoms with Crippen LogP contribution in [0.3, 0.4) is 0 Å². The molecule has 1 aromatic carbocycles. The van der Waals surface area contributed by atoms with E-state index in [1.54, 1.807) is 26.0 Å². The SMILES string of the molecule is CCOC(=O)C(C)(C(=O)OCC)c1cc2ccccc2o1. The van der Waals surface area contributed by atoms with Crippen molar-refractivity contribution < 1.29 is 23.5 Å². The van der Waals surface area contributed by atoms with Crippen molar-refractivity contribution in [3.05, 3.63) is 36.1 Å². The van der Waals surface area contributed by atoms with Gasteiger partial charge in [-0.1, -0.05) is 18.2 Å². The number of rotatable bonds is 5. The van der Waals surface area contributed by atoms with E-state index in [0.717, 1.165) is 5.39 Å². The lowest BCUT2D eigenvalue weighted by molar-refractivity contribution is -0.164. The third kappa shape index (κ3) is 2.63. The molecule has 0 saturated carbocycles. The van der Waals surface area contributed by atoms with E-state index in [9.17, 15) is 9.59 Å². The molecule has 0 atom stereocenters. The van der Waals surface area contributed by atoms with Gasteiger partial charge in [-0.15, -0.1) is 0 Å². The summed E-state index contributed by atoms with van der Waals surface area (Å²) in [5, 5.41) is 0.812. The lowest BCUT2D eigenvalue weighted by atomic mass is 9.87. The quantitative estimate of drug-likeness (QED) is 0.625. The Morgan fingerprint density at radius 2 is 1.67 bits per heavy atom. The smallest absolute Gasteiger partial charge is 0.331 e. The van der Waals surface area contributed by atoms with Gasteiger partial charge in [-0.2, -0.15) is 0 Å². The molecule has 5 heteroatoms. The van der Waals surface area contributed by atoms with Crippen LogP contribution in [0.15, 0.2) is 34.7 Å². The first-order valence-electron chi connectivity index (χ1n) is 6.87. The summed E-state index contributed by atoms with van der Waals surface area (Å²) in [6.45, 7) is 5.17. The molecule has 0 aliphatic rings. The minimum absolute atomic E-state index is 0.175. The summed E-state index contributed by atoms with van der Waals surface area (Å²) in [5.74, 6) is -1.13. The molecule has 0 aliphatic heterocycles. The van der Waals surface area contributed by atoms with Gasteiger partial charge in [0, 0.05) is 5.39 Å². The summed E-state index contributed by atoms with van der Waals surface area (Å²) < 4.78 is 15.7. The zero-order valence-electron chi connectivity index (χ0n) is 12.3. The Kier molecular flexibility index (Phi) is 4.31. The van der Waals surface area contributed by atoms with Gasteiger partial charge < -0.3 is 13.9 Å². The van der Waals surface area contributed by atoms with Gasteiger partial charge in [0.05, 0.1) is 13.2 Å². The van der Waals surface area contributed by atoms with Gasteiger partial charge >= 0.3 is 11.9 Å². The van der Waals surface area contributed by atoms with Gasteiger partial charge in [-0.3, -0.25) is 9.59 Å². The maximum absolute atomic E-state index is 12.3. The van der Waals surface area contributed by atoms with E-state index in [1.807, 2.05) is 18.2 Å². The first-order valence-corrected chi connectivity index (χ1v) is 6.87. The normalized spacial score (nSPS) is 11.4. The minimum atomic E-state index is -1.61. The molecule has 5 nitrogen and oxygen atoms in total. The van der Waals surface area contributed by atoms with Crippen molar-refractivity contribution in [2.24, 2.45) is 0 Å². The molecular weight excluding hydrogens is 272 g/mol. The molecule has 2 rings (SSSR count). The highest BCUT2D eigenvalue weighted by atomic mass is 16.6. The van der Waals surface area contributed by atoms with Crippen LogP contribution in [0.2, 0.25) is 0 Å². The average molecular weight is 290 g/mol. The zero-order chi connectivity index (χ0) is 15.5. The molecule has 0 spiro atoms. The van der Waals surface area contributed by atoms with Gasteiger partial charge in [0.1, 0.15) is 11.3 Å². The summed E-state index contributed by atoms with van der Waals surface area (Å²) >= 11 is 0. The predicted octanol–water partition coefficient (Wildman–Crippen LogP) is 2.82. The number of carbonyl (C=O) groups is 2. The summed E-state index contributed by atoms with van der Waals surface area (Å²) in [5.41, 5.74) is -1.00. The lowest BCUT2D eigenvalue weighted by Gasteiger charge is -2.22. The van der Waals surface area contributed by atoms with Gasteiger partial charge in [0.15, 0.2) is 0 Å². The number of benzene rings is 1. The maximum atomic E-state index is 12.3. The molecule has 0 bridgehead atoms. The van der Waals surface area contributed by atoms with Crippen molar-refractivity contribution in [3.63, 3.8) is 0 Å². The molecule has 0 N–H and O–H groups in total. The van der Waals surface area contributed by atoms with Crippen molar-refractivity contribution in [2.75, 3.05) is 13.2 Å². The molecular formula is C16H18O5. The Bertz CT molecular complexity index is 604. The van der Waals surface area contributed by atoms with Crippen LogP contribution in [-0.2, 0) is 24.5 Å². The highest BCUT2D eigenvalue weighted by molar-refractivity contribution is 6.06. The lowest BCUT2D eigenvalue weighted by Crippen LogP contribution is -2.43. The molecule has 1 aromatic heterocycles. The maximum Gasteiger partial charge on any atom is 0.331 e. The van der Waals surface area contributed by atoms with Crippen LogP contribution < -0.4 is 0 Å². The number of carbonyl (C=O) groups excluding carboxylic acids is 2. The van der Waals surface area contributed by atoms with E-state index in [0.29, 0.717) is 5.58 Å². The second-order valence-corrected chi connectivity index (χ2v) is 4.71. The Labute approximate surface area is 122 Å². The molecule has 112 valence electrons. The third-order valence-electron chi connectivity index (χ3n) is 3.29. The average Bonchev–Trinajstić information content (AvgIpc) is 2.91. The van der Waals surface area contributed by atoms with Crippen molar-refractivity contribution in [1.29, 1.82) is 0 Å². The Morgan fingerprint density at radius 1 is 1.10 bits per heavy atom. The summed E-state index contributed by atoms with van der Waals surface area (Å²) in [6.07, 6.45) is 0. The number of esters is 2. The Hall–Kier alpha value is -2.30. The second-order valence-electron chi connectivity index (χ2n) is 4.71. The molecule has 0 amide bonds. The van der Waals surface area contributed by atoms with Crippen LogP contribution in [-0.4, -0.2) is 25.2 Å². The van der Waals surface area contributed by atoms with E-state index >= 15 is 0 Å². The van der Waals surface area contributed by atoms with Crippen LogP contribution in [0, 0.1) is 0 Å². The third-order valence-corrected chi connectivity index (χ3v) is 3.29. The zero-order valence-corrected chi connectivity index (χ0v) is 12.3. The number of furan rings is 1. The van der Waals surface area contributed by atoms with E-state index in [2.05, 4.69) is 0 Å². The fourth-order valence-corrected chi connectivity index (χ4v) is 2.06. The molecule has 0 fully saturated rings. The number of fused-ring (bicyclic) bond motifs is 1. The molecule has 2 aromatic rings. The van der Waals surface area contributed by atoms with E-state index in [1.165, 1.54) is 6.92 Å². The van der Waals surface area contributed by atoms with Crippen molar-refractivity contribution in [3.8, 4) is 0 Å². The van der Waals surface area contributed by atoms with E-state index < -0.39 is 17.4 Å². The van der Waals surface area contributed by atoms with Gasteiger partial charge in [-0.05, 0) is 32.9 Å². The number of hydrogen-bond acceptors (Lipinski definition) is 5. The van der Waals surface area contributed by atoms with E-state index in [4.69, 9.17) is 13.9 Å². The van der Waals surface area contributed by atoms with Crippen LogP contribution >= 0.6 is 0 Å². The number of ether oxygens (including phenoxy) is 2. The molecule has 21 heavy (non-hydrogen) atoms. The summed E-state index contributed by atoms with van der Waals surface area (Å²) in [4.78, 5) is 24.6. The van der Waals surface area contributed by atoms with Crippen LogP contribution in [0.25, 0.3) is 11.0 Å². The topological polar surface area (TPSA) is 65.7 Å². The fourth-order valence-electron chi connectivity index (χ4n) is 2.06. The first kappa shape index (κ1) is 15.1. The van der Waals surface area contributed by atoms with Crippen LogP contribution in [0.4, 0.5) is 0 Å². The van der Waals surface area contributed by atoms with Crippen molar-refractivity contribution in [2.45, 2.75) is 26.2 Å². The molecule has 0 radical (unpaired) electrons. The second kappa shape index (κ2) is 5.99. The number of para-hydroxylation sites is 1. The molecule has 0 unspecified atom stereocenters.